The van der Waals surface area contributed by atoms with E-state index in [1.165, 1.54) is 0 Å². The van der Waals surface area contributed by atoms with Crippen LogP contribution in [0, 0.1) is 19.8 Å². The van der Waals surface area contributed by atoms with Gasteiger partial charge in [0, 0.05) is 25.2 Å². The number of carbonyl (C=O) groups is 2. The second-order valence-corrected chi connectivity index (χ2v) is 5.64. The summed E-state index contributed by atoms with van der Waals surface area (Å²) in [6.45, 7) is 5.15. The molecule has 3 N–H and O–H groups in total. The fraction of sp³-hybridized carbons (Fsp3) is 0.533. The number of amides is 1. The first-order valence-corrected chi connectivity index (χ1v) is 7.13. The molecule has 0 unspecified atom stereocenters. The Morgan fingerprint density at radius 2 is 2.00 bits per heavy atom. The van der Waals surface area contributed by atoms with Crippen molar-refractivity contribution >= 4 is 17.6 Å². The highest BCUT2D eigenvalue weighted by molar-refractivity contribution is 5.99. The minimum atomic E-state index is -0.748. The quantitative estimate of drug-likeness (QED) is 0.876. The minimum absolute atomic E-state index is 0.208. The van der Waals surface area contributed by atoms with Gasteiger partial charge in [-0.2, -0.15) is 0 Å². The average Bonchev–Trinajstić information content (AvgIpc) is 2.37. The maximum absolute atomic E-state index is 11.7. The van der Waals surface area contributed by atoms with Crippen molar-refractivity contribution < 1.29 is 14.7 Å². The van der Waals surface area contributed by atoms with E-state index in [1.54, 1.807) is 6.92 Å². The highest BCUT2D eigenvalue weighted by Gasteiger charge is 2.25. The summed E-state index contributed by atoms with van der Waals surface area (Å²) in [7, 11) is 0. The van der Waals surface area contributed by atoms with E-state index in [-0.39, 0.29) is 12.3 Å². The normalized spacial score (nSPS) is 16.0. The number of aromatic nitrogens is 1. The van der Waals surface area contributed by atoms with Gasteiger partial charge in [0.15, 0.2) is 0 Å². The van der Waals surface area contributed by atoms with Crippen LogP contribution in [0.3, 0.4) is 0 Å². The molecule has 6 nitrogen and oxygen atoms in total. The van der Waals surface area contributed by atoms with Crippen molar-refractivity contribution in [1.29, 1.82) is 0 Å². The Hall–Kier alpha value is -2.11. The topological polar surface area (TPSA) is 96.5 Å². The Balaban J connectivity index is 2.20. The largest absolute Gasteiger partial charge is 0.481 e. The number of aryl methyl sites for hydroxylation is 2. The van der Waals surface area contributed by atoms with E-state index < -0.39 is 11.9 Å². The molecule has 0 atom stereocenters. The molecule has 2 rings (SSSR count). The number of carbonyl (C=O) groups excluding carboxylic acids is 1. The standard InChI is InChI=1S/C15H21N3O3/c1-9-7-12(14(15(16)21)10(2)17-9)18-5-3-11(4-6-18)8-13(19)20/h7,11H,3-6,8H2,1-2H3,(H2,16,21)(H,19,20). The molecule has 0 aliphatic carbocycles. The van der Waals surface area contributed by atoms with E-state index in [4.69, 9.17) is 10.8 Å². The molecule has 1 aliphatic rings. The third-order valence-corrected chi connectivity index (χ3v) is 3.97. The Kier molecular flexibility index (Phi) is 4.45. The number of nitrogens with zero attached hydrogens (tertiary/aromatic N) is 2. The lowest BCUT2D eigenvalue weighted by molar-refractivity contribution is -0.138. The minimum Gasteiger partial charge on any atom is -0.481 e. The lowest BCUT2D eigenvalue weighted by atomic mass is 9.93. The third-order valence-electron chi connectivity index (χ3n) is 3.97. The van der Waals surface area contributed by atoms with Crippen LogP contribution in [-0.2, 0) is 4.79 Å². The number of primary amides is 1. The number of rotatable bonds is 4. The van der Waals surface area contributed by atoms with Crippen LogP contribution >= 0.6 is 0 Å². The molecule has 0 aromatic carbocycles. The number of hydrogen-bond acceptors (Lipinski definition) is 4. The predicted octanol–water partition coefficient (Wildman–Crippen LogP) is 1.49. The van der Waals surface area contributed by atoms with Gasteiger partial charge in [-0.15, -0.1) is 0 Å². The summed E-state index contributed by atoms with van der Waals surface area (Å²) in [5.41, 5.74) is 8.26. The molecular weight excluding hydrogens is 270 g/mol. The van der Waals surface area contributed by atoms with Gasteiger partial charge in [-0.1, -0.05) is 0 Å². The van der Waals surface area contributed by atoms with E-state index >= 15 is 0 Å². The molecule has 0 saturated carbocycles. The monoisotopic (exact) mass is 291 g/mol. The first-order valence-electron chi connectivity index (χ1n) is 7.13. The summed E-state index contributed by atoms with van der Waals surface area (Å²) in [6.07, 6.45) is 1.83. The SMILES string of the molecule is Cc1cc(N2CCC(CC(=O)O)CC2)c(C(N)=O)c(C)n1. The smallest absolute Gasteiger partial charge is 0.303 e. The van der Waals surface area contributed by atoms with Crippen LogP contribution in [-0.4, -0.2) is 35.1 Å². The molecule has 21 heavy (non-hydrogen) atoms. The summed E-state index contributed by atoms with van der Waals surface area (Å²) in [4.78, 5) is 28.9. The van der Waals surface area contributed by atoms with E-state index in [9.17, 15) is 9.59 Å². The number of carboxylic acids is 1. The number of carboxylic acid groups (broad SMARTS) is 1. The number of anilines is 1. The molecule has 1 saturated heterocycles. The lowest BCUT2D eigenvalue weighted by Crippen LogP contribution is -2.36. The molecule has 6 heteroatoms. The van der Waals surface area contributed by atoms with E-state index in [1.807, 2.05) is 13.0 Å². The third kappa shape index (κ3) is 3.51. The summed E-state index contributed by atoms with van der Waals surface area (Å²) >= 11 is 0. The van der Waals surface area contributed by atoms with Gasteiger partial charge in [0.05, 0.1) is 16.9 Å². The first kappa shape index (κ1) is 15.3. The Morgan fingerprint density at radius 3 is 2.52 bits per heavy atom. The zero-order valence-corrected chi connectivity index (χ0v) is 12.4. The molecule has 1 aliphatic heterocycles. The lowest BCUT2D eigenvalue weighted by Gasteiger charge is -2.34. The number of nitrogens with two attached hydrogens (primary N) is 1. The highest BCUT2D eigenvalue weighted by Crippen LogP contribution is 2.29. The number of piperidine rings is 1. The van der Waals surface area contributed by atoms with E-state index in [0.29, 0.717) is 11.3 Å². The van der Waals surface area contributed by atoms with Crippen LogP contribution in [0.1, 0.15) is 41.0 Å². The second-order valence-electron chi connectivity index (χ2n) is 5.64. The zero-order chi connectivity index (χ0) is 15.6. The molecule has 0 radical (unpaired) electrons. The average molecular weight is 291 g/mol. The van der Waals surface area contributed by atoms with Crippen LogP contribution in [0.25, 0.3) is 0 Å². The Labute approximate surface area is 124 Å². The van der Waals surface area contributed by atoms with Crippen LogP contribution < -0.4 is 10.6 Å². The number of pyridine rings is 1. The predicted molar refractivity (Wildman–Crippen MR) is 79.4 cm³/mol. The second kappa shape index (κ2) is 6.11. The fourth-order valence-electron chi connectivity index (χ4n) is 2.99. The van der Waals surface area contributed by atoms with Gasteiger partial charge in [-0.25, -0.2) is 0 Å². The van der Waals surface area contributed by atoms with Crippen molar-refractivity contribution in [2.75, 3.05) is 18.0 Å². The van der Waals surface area contributed by atoms with Gasteiger partial charge >= 0.3 is 5.97 Å². The van der Waals surface area contributed by atoms with Crippen LogP contribution in [0.2, 0.25) is 0 Å². The first-order chi connectivity index (χ1) is 9.88. The summed E-state index contributed by atoms with van der Waals surface area (Å²) in [6, 6.07) is 1.88. The van der Waals surface area contributed by atoms with Crippen LogP contribution in [0.5, 0.6) is 0 Å². The molecule has 1 amide bonds. The maximum atomic E-state index is 11.7. The molecule has 2 heterocycles. The summed E-state index contributed by atoms with van der Waals surface area (Å²) in [5, 5.41) is 8.86. The van der Waals surface area contributed by atoms with Gasteiger partial charge in [0.2, 0.25) is 0 Å². The zero-order valence-electron chi connectivity index (χ0n) is 12.4. The van der Waals surface area contributed by atoms with Crippen molar-refractivity contribution in [2.24, 2.45) is 11.7 Å². The molecule has 1 aromatic heterocycles. The maximum Gasteiger partial charge on any atom is 0.303 e. The summed E-state index contributed by atoms with van der Waals surface area (Å²) < 4.78 is 0. The van der Waals surface area contributed by atoms with Crippen LogP contribution in [0.15, 0.2) is 6.07 Å². The molecule has 0 spiro atoms. The van der Waals surface area contributed by atoms with Crippen molar-refractivity contribution in [1.82, 2.24) is 4.98 Å². The van der Waals surface area contributed by atoms with Crippen molar-refractivity contribution in [3.63, 3.8) is 0 Å². The number of aliphatic carboxylic acids is 1. The van der Waals surface area contributed by atoms with Gasteiger partial charge < -0.3 is 15.7 Å². The van der Waals surface area contributed by atoms with Crippen molar-refractivity contribution in [3.05, 3.63) is 23.0 Å². The van der Waals surface area contributed by atoms with Crippen molar-refractivity contribution in [2.45, 2.75) is 33.1 Å². The Morgan fingerprint density at radius 1 is 1.38 bits per heavy atom. The summed E-state index contributed by atoms with van der Waals surface area (Å²) in [5.74, 6) is -1.01. The highest BCUT2D eigenvalue weighted by atomic mass is 16.4. The Bertz CT molecular complexity index is 564. The van der Waals surface area contributed by atoms with E-state index in [0.717, 1.165) is 37.3 Å². The molecule has 0 bridgehead atoms. The van der Waals surface area contributed by atoms with Crippen molar-refractivity contribution in [3.8, 4) is 0 Å². The molecule has 1 fully saturated rings. The van der Waals surface area contributed by atoms with Gasteiger partial charge in [-0.05, 0) is 38.7 Å². The van der Waals surface area contributed by atoms with Gasteiger partial charge in [0.1, 0.15) is 0 Å². The van der Waals surface area contributed by atoms with Crippen LogP contribution in [0.4, 0.5) is 5.69 Å². The van der Waals surface area contributed by atoms with Gasteiger partial charge in [0.25, 0.3) is 5.91 Å². The van der Waals surface area contributed by atoms with E-state index in [2.05, 4.69) is 9.88 Å². The molecular formula is C15H21N3O3. The molecule has 1 aromatic rings. The molecule has 114 valence electrons. The van der Waals surface area contributed by atoms with Gasteiger partial charge in [-0.3, -0.25) is 14.6 Å². The fourth-order valence-corrected chi connectivity index (χ4v) is 2.99. The number of hydrogen-bond donors (Lipinski definition) is 2.